The molecule has 3 rings (SSSR count). The monoisotopic (exact) mass is 300 g/mol. The lowest BCUT2D eigenvalue weighted by molar-refractivity contribution is 0.0952. The molecule has 0 fully saturated rings. The molecule has 0 aromatic carbocycles. The molecule has 2 aromatic rings. The second-order valence-electron chi connectivity index (χ2n) is 5.75. The molecule has 0 saturated heterocycles. The van der Waals surface area contributed by atoms with Gasteiger partial charge in [0.25, 0.3) is 5.91 Å². The molecule has 0 atom stereocenters. The number of aromatic nitrogens is 3. The molecule has 1 amide bonds. The largest absolute Gasteiger partial charge is 0.352 e. The zero-order valence-corrected chi connectivity index (χ0v) is 12.9. The van der Waals surface area contributed by atoms with Crippen molar-refractivity contribution in [3.05, 3.63) is 39.8 Å². The van der Waals surface area contributed by atoms with Crippen LogP contribution in [0.15, 0.2) is 28.8 Å². The Morgan fingerprint density at radius 3 is 2.95 bits per heavy atom. The SMILES string of the molecule is Cn1cc(C(=O)NCCC2=CCCC2)c(=O)c2cnn(C)c21. The number of hydrogen-bond donors (Lipinski definition) is 1. The van der Waals surface area contributed by atoms with Crippen molar-refractivity contribution in [2.24, 2.45) is 14.1 Å². The van der Waals surface area contributed by atoms with Crippen molar-refractivity contribution in [1.29, 1.82) is 0 Å². The molecular formula is C16H20N4O2. The first-order chi connectivity index (χ1) is 10.6. The van der Waals surface area contributed by atoms with Crippen LogP contribution in [0.25, 0.3) is 11.0 Å². The fraction of sp³-hybridized carbons (Fsp3) is 0.438. The first kappa shape index (κ1) is 14.6. The van der Waals surface area contributed by atoms with Crippen molar-refractivity contribution < 1.29 is 4.79 Å². The summed E-state index contributed by atoms with van der Waals surface area (Å²) in [6, 6.07) is 0. The Kier molecular flexibility index (Phi) is 3.83. The van der Waals surface area contributed by atoms with Gasteiger partial charge in [-0.25, -0.2) is 0 Å². The zero-order valence-electron chi connectivity index (χ0n) is 12.9. The van der Waals surface area contributed by atoms with E-state index in [0.29, 0.717) is 17.6 Å². The van der Waals surface area contributed by atoms with E-state index in [4.69, 9.17) is 0 Å². The first-order valence-electron chi connectivity index (χ1n) is 7.55. The molecule has 0 aliphatic heterocycles. The van der Waals surface area contributed by atoms with Crippen LogP contribution in [0.4, 0.5) is 0 Å². The quantitative estimate of drug-likeness (QED) is 0.870. The summed E-state index contributed by atoms with van der Waals surface area (Å²) in [4.78, 5) is 24.7. The maximum Gasteiger partial charge on any atom is 0.256 e. The Bertz CT molecular complexity index is 813. The maximum atomic E-state index is 12.4. The van der Waals surface area contributed by atoms with Gasteiger partial charge in [0.05, 0.1) is 11.6 Å². The van der Waals surface area contributed by atoms with Gasteiger partial charge in [0, 0.05) is 26.8 Å². The number of aryl methyl sites for hydroxylation is 2. The molecule has 1 N–H and O–H groups in total. The lowest BCUT2D eigenvalue weighted by Crippen LogP contribution is -2.30. The molecule has 0 unspecified atom stereocenters. The molecule has 116 valence electrons. The summed E-state index contributed by atoms with van der Waals surface area (Å²) in [5.74, 6) is -0.315. The van der Waals surface area contributed by atoms with E-state index in [2.05, 4.69) is 16.5 Å². The molecule has 0 saturated carbocycles. The summed E-state index contributed by atoms with van der Waals surface area (Å²) in [6.45, 7) is 0.568. The van der Waals surface area contributed by atoms with Crippen LogP contribution >= 0.6 is 0 Å². The van der Waals surface area contributed by atoms with Crippen molar-refractivity contribution in [2.75, 3.05) is 6.54 Å². The number of hydrogen-bond acceptors (Lipinski definition) is 3. The average molecular weight is 300 g/mol. The molecule has 22 heavy (non-hydrogen) atoms. The minimum atomic E-state index is -0.315. The Hall–Kier alpha value is -2.37. The van der Waals surface area contributed by atoms with Crippen molar-refractivity contribution in [2.45, 2.75) is 25.7 Å². The zero-order chi connectivity index (χ0) is 15.7. The highest BCUT2D eigenvalue weighted by atomic mass is 16.2. The van der Waals surface area contributed by atoms with Gasteiger partial charge in [0.1, 0.15) is 11.2 Å². The fourth-order valence-corrected chi connectivity index (χ4v) is 3.03. The number of rotatable bonds is 4. The van der Waals surface area contributed by atoms with Crippen LogP contribution in [0, 0.1) is 0 Å². The fourth-order valence-electron chi connectivity index (χ4n) is 3.03. The van der Waals surface area contributed by atoms with E-state index in [9.17, 15) is 9.59 Å². The van der Waals surface area contributed by atoms with Crippen molar-refractivity contribution in [1.82, 2.24) is 19.7 Å². The van der Waals surface area contributed by atoms with Gasteiger partial charge in [-0.2, -0.15) is 5.10 Å². The van der Waals surface area contributed by atoms with E-state index >= 15 is 0 Å². The predicted octanol–water partition coefficient (Wildman–Crippen LogP) is 1.50. The Labute approximate surface area is 128 Å². The van der Waals surface area contributed by atoms with E-state index in [-0.39, 0.29) is 16.9 Å². The molecule has 1 aliphatic carbocycles. The lowest BCUT2D eigenvalue weighted by atomic mass is 10.1. The summed E-state index contributed by atoms with van der Waals surface area (Å²) in [6.07, 6.45) is 9.67. The van der Waals surface area contributed by atoms with E-state index in [1.165, 1.54) is 18.2 Å². The lowest BCUT2D eigenvalue weighted by Gasteiger charge is -2.08. The van der Waals surface area contributed by atoms with Gasteiger partial charge >= 0.3 is 0 Å². The summed E-state index contributed by atoms with van der Waals surface area (Å²) in [5, 5.41) is 7.40. The third-order valence-electron chi connectivity index (χ3n) is 4.16. The van der Waals surface area contributed by atoms with Crippen molar-refractivity contribution in [3.8, 4) is 0 Å². The Morgan fingerprint density at radius 1 is 1.41 bits per heavy atom. The second kappa shape index (κ2) is 5.79. The summed E-state index contributed by atoms with van der Waals surface area (Å²) in [5.41, 5.74) is 2.01. The topological polar surface area (TPSA) is 68.9 Å². The van der Waals surface area contributed by atoms with E-state index in [0.717, 1.165) is 19.3 Å². The number of carbonyl (C=O) groups is 1. The molecular weight excluding hydrogens is 280 g/mol. The van der Waals surface area contributed by atoms with E-state index in [1.54, 1.807) is 22.5 Å². The van der Waals surface area contributed by atoms with Gasteiger partial charge in [-0.1, -0.05) is 11.6 Å². The molecule has 0 radical (unpaired) electrons. The molecule has 6 nitrogen and oxygen atoms in total. The normalized spacial score (nSPS) is 14.4. The molecule has 0 spiro atoms. The number of nitrogens with one attached hydrogen (secondary N) is 1. The first-order valence-corrected chi connectivity index (χ1v) is 7.55. The summed E-state index contributed by atoms with van der Waals surface area (Å²) in [7, 11) is 3.58. The van der Waals surface area contributed by atoms with Gasteiger partial charge in [-0.3, -0.25) is 14.3 Å². The minimum absolute atomic E-state index is 0.170. The average Bonchev–Trinajstić information content (AvgIpc) is 3.12. The smallest absolute Gasteiger partial charge is 0.256 e. The van der Waals surface area contributed by atoms with E-state index < -0.39 is 0 Å². The second-order valence-corrected chi connectivity index (χ2v) is 5.75. The number of nitrogens with zero attached hydrogens (tertiary/aromatic N) is 3. The number of amides is 1. The van der Waals surface area contributed by atoms with Gasteiger partial charge in [0.15, 0.2) is 0 Å². The molecule has 6 heteroatoms. The predicted molar refractivity (Wildman–Crippen MR) is 84.8 cm³/mol. The van der Waals surface area contributed by atoms with Crippen molar-refractivity contribution in [3.63, 3.8) is 0 Å². The number of allylic oxidation sites excluding steroid dienone is 1. The van der Waals surface area contributed by atoms with Gasteiger partial charge in [-0.05, 0) is 25.7 Å². The van der Waals surface area contributed by atoms with Crippen LogP contribution < -0.4 is 10.7 Å². The Morgan fingerprint density at radius 2 is 2.23 bits per heavy atom. The summed E-state index contributed by atoms with van der Waals surface area (Å²) >= 11 is 0. The molecule has 1 aliphatic rings. The van der Waals surface area contributed by atoms with Crippen LogP contribution in [0.5, 0.6) is 0 Å². The third-order valence-corrected chi connectivity index (χ3v) is 4.16. The molecule has 2 heterocycles. The van der Waals surface area contributed by atoms with Crippen LogP contribution in [0.3, 0.4) is 0 Å². The molecule has 0 bridgehead atoms. The number of fused-ring (bicyclic) bond motifs is 1. The van der Waals surface area contributed by atoms with Crippen LogP contribution in [-0.2, 0) is 14.1 Å². The summed E-state index contributed by atoms with van der Waals surface area (Å²) < 4.78 is 3.39. The number of pyridine rings is 1. The Balaban J connectivity index is 1.79. The van der Waals surface area contributed by atoms with Crippen LogP contribution in [0.1, 0.15) is 36.0 Å². The van der Waals surface area contributed by atoms with Gasteiger partial charge in [0.2, 0.25) is 5.43 Å². The van der Waals surface area contributed by atoms with Gasteiger partial charge < -0.3 is 9.88 Å². The molecule has 2 aromatic heterocycles. The highest BCUT2D eigenvalue weighted by Crippen LogP contribution is 2.19. The maximum absolute atomic E-state index is 12.4. The third kappa shape index (κ3) is 2.56. The minimum Gasteiger partial charge on any atom is -0.352 e. The van der Waals surface area contributed by atoms with Crippen molar-refractivity contribution >= 4 is 16.9 Å². The van der Waals surface area contributed by atoms with E-state index in [1.807, 2.05) is 7.05 Å². The van der Waals surface area contributed by atoms with Crippen LogP contribution in [0.2, 0.25) is 0 Å². The highest BCUT2D eigenvalue weighted by Gasteiger charge is 2.16. The standard InChI is InChI=1S/C16H20N4O2/c1-19-10-13(14(21)12-9-18-20(2)16(12)19)15(22)17-8-7-11-5-3-4-6-11/h5,9-10H,3-4,6-8H2,1-2H3,(H,17,22). The number of carbonyl (C=O) groups excluding carboxylic acids is 1. The van der Waals surface area contributed by atoms with Crippen LogP contribution in [-0.4, -0.2) is 26.8 Å². The highest BCUT2D eigenvalue weighted by molar-refractivity contribution is 5.96. The van der Waals surface area contributed by atoms with Gasteiger partial charge in [-0.15, -0.1) is 0 Å².